The number of aldehydes is 1. The molecule has 0 saturated heterocycles. The lowest BCUT2D eigenvalue weighted by molar-refractivity contribution is 0.109. The second kappa shape index (κ2) is 2.51. The molecule has 0 N–H and O–H groups in total. The predicted octanol–water partition coefficient (Wildman–Crippen LogP) is 2.01. The van der Waals surface area contributed by atoms with E-state index in [-0.39, 0.29) is 0 Å². The van der Waals surface area contributed by atoms with Crippen molar-refractivity contribution in [1.82, 2.24) is 0 Å². The van der Waals surface area contributed by atoms with Gasteiger partial charge in [0, 0.05) is 5.56 Å². The number of aryl methyl sites for hydroxylation is 1. The highest BCUT2D eigenvalue weighted by molar-refractivity contribution is 14.1. The van der Waals surface area contributed by atoms with Gasteiger partial charge in [-0.3, -0.25) is 4.79 Å². The maximum atomic E-state index is 10.1. The van der Waals surface area contributed by atoms with Gasteiger partial charge in [-0.25, -0.2) is 0 Å². The summed E-state index contributed by atoms with van der Waals surface area (Å²) in [6.07, 6.45) is 0.704. The van der Waals surface area contributed by atoms with Crippen molar-refractivity contribution in [3.8, 4) is 0 Å². The van der Waals surface area contributed by atoms with Crippen LogP contribution in [0.25, 0.3) is 0 Å². The molecule has 0 fully saturated rings. The van der Waals surface area contributed by atoms with E-state index < -0.39 is 0 Å². The first-order valence-electron chi connectivity index (χ1n) is 2.45. The Kier molecular flexibility index (Phi) is 1.90. The average Bonchev–Trinajstić information content (AvgIpc) is 2.13. The lowest BCUT2D eigenvalue weighted by Crippen LogP contribution is -1.66. The van der Waals surface area contributed by atoms with Gasteiger partial charge in [0.1, 0.15) is 0 Å². The summed E-state index contributed by atoms with van der Waals surface area (Å²) in [5, 5.41) is 0. The van der Waals surface area contributed by atoms with E-state index >= 15 is 0 Å². The topological polar surface area (TPSA) is 30.2 Å². The summed E-state index contributed by atoms with van der Waals surface area (Å²) in [6, 6.07) is 1.72. The molecule has 1 heterocycles. The lowest BCUT2D eigenvalue weighted by Gasteiger charge is -1.77. The predicted molar refractivity (Wildman–Crippen MR) is 41.5 cm³/mol. The second-order valence-corrected chi connectivity index (χ2v) is 2.70. The molecule has 3 heteroatoms. The maximum Gasteiger partial charge on any atom is 0.185 e. The van der Waals surface area contributed by atoms with Crippen LogP contribution in [0.4, 0.5) is 0 Å². The zero-order valence-electron chi connectivity index (χ0n) is 4.85. The van der Waals surface area contributed by atoms with Crippen LogP contribution in [-0.2, 0) is 0 Å². The van der Waals surface area contributed by atoms with Gasteiger partial charge >= 0.3 is 0 Å². The van der Waals surface area contributed by atoms with Crippen molar-refractivity contribution in [1.29, 1.82) is 0 Å². The van der Waals surface area contributed by atoms with Crippen LogP contribution < -0.4 is 0 Å². The Labute approximate surface area is 66.4 Å². The van der Waals surface area contributed by atoms with Crippen LogP contribution in [0.15, 0.2) is 10.5 Å². The van der Waals surface area contributed by atoms with Gasteiger partial charge in [-0.2, -0.15) is 0 Å². The molecule has 48 valence electrons. The van der Waals surface area contributed by atoms with Crippen LogP contribution in [0.5, 0.6) is 0 Å². The summed E-state index contributed by atoms with van der Waals surface area (Å²) < 4.78 is 5.77. The first-order valence-corrected chi connectivity index (χ1v) is 3.53. The van der Waals surface area contributed by atoms with Crippen LogP contribution in [0, 0.1) is 10.7 Å². The van der Waals surface area contributed by atoms with Crippen molar-refractivity contribution in [2.75, 3.05) is 0 Å². The summed E-state index contributed by atoms with van der Waals surface area (Å²) in [5.41, 5.74) is 1.01. The van der Waals surface area contributed by atoms with E-state index in [9.17, 15) is 4.79 Å². The highest BCUT2D eigenvalue weighted by Crippen LogP contribution is 2.14. The van der Waals surface area contributed by atoms with Crippen molar-refractivity contribution in [3.63, 3.8) is 0 Å². The Morgan fingerprint density at radius 2 is 2.44 bits per heavy atom. The molecule has 0 saturated carbocycles. The number of hydrogen-bond acceptors (Lipinski definition) is 2. The molecule has 1 rings (SSSR count). The van der Waals surface area contributed by atoms with E-state index in [2.05, 4.69) is 0 Å². The fourth-order valence-electron chi connectivity index (χ4n) is 0.542. The van der Waals surface area contributed by atoms with E-state index in [1.807, 2.05) is 29.5 Å². The largest absolute Gasteiger partial charge is 0.447 e. The molecule has 9 heavy (non-hydrogen) atoms. The van der Waals surface area contributed by atoms with Crippen LogP contribution >= 0.6 is 22.6 Å². The molecular formula is C6H5IO2. The van der Waals surface area contributed by atoms with Crippen molar-refractivity contribution in [2.45, 2.75) is 6.92 Å². The molecule has 0 aliphatic heterocycles. The maximum absolute atomic E-state index is 10.1. The number of rotatable bonds is 1. The van der Waals surface area contributed by atoms with Gasteiger partial charge in [-0.05, 0) is 35.6 Å². The van der Waals surface area contributed by atoms with Crippen molar-refractivity contribution >= 4 is 28.9 Å². The minimum atomic E-state index is 0.400. The zero-order chi connectivity index (χ0) is 6.85. The molecule has 0 aliphatic rings. The molecular weight excluding hydrogens is 231 g/mol. The van der Waals surface area contributed by atoms with Crippen LogP contribution in [0.2, 0.25) is 0 Å². The first kappa shape index (κ1) is 6.80. The first-order chi connectivity index (χ1) is 4.24. The Morgan fingerprint density at radius 3 is 2.67 bits per heavy atom. The molecule has 0 spiro atoms. The Balaban J connectivity index is 3.11. The fraction of sp³-hybridized carbons (Fsp3) is 0.167. The van der Waals surface area contributed by atoms with Crippen LogP contribution in [0.3, 0.4) is 0 Å². The number of furan rings is 1. The SMILES string of the molecule is Cc1cc(C=O)oc1I. The minimum absolute atomic E-state index is 0.400. The van der Waals surface area contributed by atoms with Gasteiger partial charge in [0.05, 0.1) is 0 Å². The van der Waals surface area contributed by atoms with Crippen molar-refractivity contribution in [2.24, 2.45) is 0 Å². The summed E-state index contributed by atoms with van der Waals surface area (Å²) >= 11 is 2.04. The summed E-state index contributed by atoms with van der Waals surface area (Å²) in [5.74, 6) is 0.400. The third-order valence-corrected chi connectivity index (χ3v) is 2.06. The molecule has 0 bridgehead atoms. The van der Waals surface area contributed by atoms with Gasteiger partial charge in [-0.1, -0.05) is 0 Å². The molecule has 2 nitrogen and oxygen atoms in total. The van der Waals surface area contributed by atoms with Gasteiger partial charge in [0.25, 0.3) is 0 Å². The van der Waals surface area contributed by atoms with Gasteiger partial charge in [-0.15, -0.1) is 0 Å². The summed E-state index contributed by atoms with van der Waals surface area (Å²) in [7, 11) is 0. The number of halogens is 1. The number of carbonyl (C=O) groups excluding carboxylic acids is 1. The highest BCUT2D eigenvalue weighted by Gasteiger charge is 2.01. The standard InChI is InChI=1S/C6H5IO2/c1-4-2-5(3-8)9-6(4)7/h2-3H,1H3. The number of carbonyl (C=O) groups is 1. The smallest absolute Gasteiger partial charge is 0.185 e. The van der Waals surface area contributed by atoms with Crippen LogP contribution in [-0.4, -0.2) is 6.29 Å². The molecule has 0 aliphatic carbocycles. The Bertz CT molecular complexity index is 207. The third-order valence-electron chi connectivity index (χ3n) is 0.992. The molecule has 0 radical (unpaired) electrons. The lowest BCUT2D eigenvalue weighted by atomic mass is 10.3. The van der Waals surface area contributed by atoms with Crippen molar-refractivity contribution in [3.05, 3.63) is 21.2 Å². The van der Waals surface area contributed by atoms with E-state index in [1.54, 1.807) is 6.07 Å². The number of hydrogen-bond donors (Lipinski definition) is 0. The van der Waals surface area contributed by atoms with Crippen molar-refractivity contribution < 1.29 is 9.21 Å². The van der Waals surface area contributed by atoms with Gasteiger partial charge < -0.3 is 4.42 Å². The quantitative estimate of drug-likeness (QED) is 0.551. The molecule has 0 amide bonds. The minimum Gasteiger partial charge on any atom is -0.447 e. The van der Waals surface area contributed by atoms with E-state index in [0.29, 0.717) is 12.0 Å². The molecule has 0 atom stereocenters. The molecule has 1 aromatic rings. The highest BCUT2D eigenvalue weighted by atomic mass is 127. The molecule has 0 unspecified atom stereocenters. The van der Waals surface area contributed by atoms with E-state index in [4.69, 9.17) is 4.42 Å². The average molecular weight is 236 g/mol. The Hall–Kier alpha value is -0.320. The van der Waals surface area contributed by atoms with E-state index in [1.165, 1.54) is 0 Å². The monoisotopic (exact) mass is 236 g/mol. The van der Waals surface area contributed by atoms with Crippen LogP contribution in [0.1, 0.15) is 16.1 Å². The van der Waals surface area contributed by atoms with Gasteiger partial charge in [0.2, 0.25) is 0 Å². The van der Waals surface area contributed by atoms with E-state index in [0.717, 1.165) is 9.33 Å². The summed E-state index contributed by atoms with van der Waals surface area (Å²) in [4.78, 5) is 10.1. The normalized spacial score (nSPS) is 9.56. The molecule has 1 aromatic heterocycles. The third kappa shape index (κ3) is 1.32. The summed E-state index contributed by atoms with van der Waals surface area (Å²) in [6.45, 7) is 1.90. The second-order valence-electron chi connectivity index (χ2n) is 1.72. The Morgan fingerprint density at radius 1 is 1.78 bits per heavy atom. The fourth-order valence-corrected chi connectivity index (χ4v) is 0.952. The zero-order valence-corrected chi connectivity index (χ0v) is 7.01. The molecule has 0 aromatic carbocycles. The van der Waals surface area contributed by atoms with Gasteiger partial charge in [0.15, 0.2) is 15.8 Å².